The number of hydrogen-bond acceptors (Lipinski definition) is 4. The van der Waals surface area contributed by atoms with Crippen LogP contribution in [0.3, 0.4) is 0 Å². The number of benzene rings is 1. The summed E-state index contributed by atoms with van der Waals surface area (Å²) < 4.78 is 12.9. The Balaban J connectivity index is 2.74. The second kappa shape index (κ2) is 6.83. The van der Waals surface area contributed by atoms with Crippen molar-refractivity contribution >= 4 is 54.7 Å². The molecule has 0 amide bonds. The Morgan fingerprint density at radius 2 is 2.00 bits per heavy atom. The van der Waals surface area contributed by atoms with Crippen molar-refractivity contribution in [1.29, 1.82) is 0 Å². The zero-order valence-corrected chi connectivity index (χ0v) is 15.6. The van der Waals surface area contributed by atoms with Crippen LogP contribution >= 0.6 is 31.9 Å². The van der Waals surface area contributed by atoms with Gasteiger partial charge in [-0.2, -0.15) is 0 Å². The van der Waals surface area contributed by atoms with Crippen molar-refractivity contribution in [3.05, 3.63) is 27.9 Å². The van der Waals surface area contributed by atoms with Gasteiger partial charge in [-0.1, -0.05) is 15.9 Å². The first kappa shape index (κ1) is 17.0. The molecule has 1 aromatic carbocycles. The van der Waals surface area contributed by atoms with E-state index in [-0.39, 0.29) is 0 Å². The third-order valence-corrected chi connectivity index (χ3v) is 4.39. The lowest BCUT2D eigenvalue weighted by Gasteiger charge is -2.06. The number of rotatable bonds is 4. The minimum Gasteiger partial charge on any atom is -0.462 e. The maximum Gasteiger partial charge on any atom is 0.340 e. The second-order valence-corrected chi connectivity index (χ2v) is 6.04. The highest BCUT2D eigenvalue weighted by Gasteiger charge is 2.23. The third kappa shape index (κ3) is 3.05. The number of aromatic nitrogens is 1. The molecule has 118 valence electrons. The number of alkyl halides is 1. The molecule has 22 heavy (non-hydrogen) atoms. The number of hydrogen-bond donors (Lipinski definition) is 0. The summed E-state index contributed by atoms with van der Waals surface area (Å²) in [6, 6.07) is 3.50. The lowest BCUT2D eigenvalue weighted by Crippen LogP contribution is -2.08. The summed E-state index contributed by atoms with van der Waals surface area (Å²) in [5.74, 6) is -0.440. The number of halogens is 2. The summed E-state index contributed by atoms with van der Waals surface area (Å²) in [4.78, 5) is 23.5. The Labute approximate surface area is 144 Å². The van der Waals surface area contributed by atoms with E-state index >= 15 is 0 Å². The van der Waals surface area contributed by atoms with Gasteiger partial charge in [0.25, 0.3) is 0 Å². The maximum absolute atomic E-state index is 12.3. The van der Waals surface area contributed by atoms with E-state index in [2.05, 4.69) is 31.9 Å². The molecule has 7 heteroatoms. The molecule has 0 aliphatic rings. The van der Waals surface area contributed by atoms with E-state index in [9.17, 15) is 9.59 Å². The quantitative estimate of drug-likeness (QED) is 0.417. The Bertz CT molecular complexity index is 752. The van der Waals surface area contributed by atoms with Gasteiger partial charge in [0.05, 0.1) is 22.2 Å². The molecule has 0 fully saturated rings. The molecule has 0 radical (unpaired) electrons. The fourth-order valence-electron chi connectivity index (χ4n) is 2.31. The van der Waals surface area contributed by atoms with Crippen molar-refractivity contribution in [3.8, 4) is 5.75 Å². The van der Waals surface area contributed by atoms with Crippen LogP contribution in [0.4, 0.5) is 0 Å². The molecule has 2 rings (SSSR count). The van der Waals surface area contributed by atoms with E-state index < -0.39 is 11.9 Å². The Kier molecular flexibility index (Phi) is 5.28. The number of aryl methyl sites for hydroxylation is 1. The zero-order valence-electron chi connectivity index (χ0n) is 12.4. The van der Waals surface area contributed by atoms with Crippen LogP contribution in [0.1, 0.15) is 29.9 Å². The van der Waals surface area contributed by atoms with Gasteiger partial charge in [0.1, 0.15) is 5.75 Å². The molecule has 0 atom stereocenters. The highest BCUT2D eigenvalue weighted by Crippen LogP contribution is 2.35. The van der Waals surface area contributed by atoms with E-state index in [0.717, 1.165) is 11.2 Å². The monoisotopic (exact) mass is 431 g/mol. The Morgan fingerprint density at radius 3 is 2.55 bits per heavy atom. The van der Waals surface area contributed by atoms with Crippen LogP contribution in [0.25, 0.3) is 10.9 Å². The van der Waals surface area contributed by atoms with Crippen molar-refractivity contribution < 1.29 is 19.1 Å². The maximum atomic E-state index is 12.3. The third-order valence-electron chi connectivity index (χ3n) is 3.23. The predicted molar refractivity (Wildman–Crippen MR) is 90.5 cm³/mol. The summed E-state index contributed by atoms with van der Waals surface area (Å²) in [6.07, 6.45) is 0. The molecule has 0 unspecified atom stereocenters. The van der Waals surface area contributed by atoms with Crippen molar-refractivity contribution in [1.82, 2.24) is 4.57 Å². The number of nitrogens with zero attached hydrogens (tertiary/aromatic N) is 1. The van der Waals surface area contributed by atoms with Gasteiger partial charge in [0, 0.05) is 30.4 Å². The van der Waals surface area contributed by atoms with Crippen LogP contribution in [-0.4, -0.2) is 23.1 Å². The summed E-state index contributed by atoms with van der Waals surface area (Å²) in [7, 11) is 1.87. The van der Waals surface area contributed by atoms with E-state index in [0.29, 0.717) is 33.1 Å². The average Bonchev–Trinajstić information content (AvgIpc) is 2.71. The molecule has 0 aliphatic heterocycles. The topological polar surface area (TPSA) is 57.5 Å². The van der Waals surface area contributed by atoms with Gasteiger partial charge >= 0.3 is 11.9 Å². The summed E-state index contributed by atoms with van der Waals surface area (Å²) >= 11 is 6.79. The Hall–Kier alpha value is -1.34. The van der Waals surface area contributed by atoms with Gasteiger partial charge in [-0.25, -0.2) is 4.79 Å². The molecular formula is C15H15Br2NO4. The number of fused-ring (bicyclic) bond motifs is 1. The lowest BCUT2D eigenvalue weighted by atomic mass is 10.1. The summed E-state index contributed by atoms with van der Waals surface area (Å²) in [6.45, 7) is 3.39. The van der Waals surface area contributed by atoms with Crippen molar-refractivity contribution in [2.45, 2.75) is 19.2 Å². The summed E-state index contributed by atoms with van der Waals surface area (Å²) in [5.41, 5.74) is 2.14. The first-order valence-electron chi connectivity index (χ1n) is 6.63. The molecular weight excluding hydrogens is 418 g/mol. The number of ether oxygens (including phenoxy) is 2. The number of carbonyl (C=O) groups excluding carboxylic acids is 2. The molecule has 1 aromatic heterocycles. The smallest absolute Gasteiger partial charge is 0.340 e. The number of esters is 2. The van der Waals surface area contributed by atoms with Crippen molar-refractivity contribution in [2.75, 3.05) is 6.61 Å². The summed E-state index contributed by atoms with van der Waals surface area (Å²) in [5, 5.41) is 1.20. The zero-order chi connectivity index (χ0) is 16.4. The van der Waals surface area contributed by atoms with Gasteiger partial charge in [0.2, 0.25) is 0 Å². The first-order chi connectivity index (χ1) is 10.4. The largest absolute Gasteiger partial charge is 0.462 e. The van der Waals surface area contributed by atoms with Crippen LogP contribution in [0.15, 0.2) is 16.6 Å². The van der Waals surface area contributed by atoms with Gasteiger partial charge in [-0.3, -0.25) is 4.79 Å². The average molecular weight is 433 g/mol. The molecule has 0 bridgehead atoms. The van der Waals surface area contributed by atoms with Gasteiger partial charge in [-0.15, -0.1) is 0 Å². The fraction of sp³-hybridized carbons (Fsp3) is 0.333. The lowest BCUT2D eigenvalue weighted by molar-refractivity contribution is -0.131. The van der Waals surface area contributed by atoms with E-state index in [1.165, 1.54) is 6.92 Å². The second-order valence-electron chi connectivity index (χ2n) is 4.63. The predicted octanol–water partition coefficient (Wildman–Crippen LogP) is 3.94. The molecule has 0 saturated carbocycles. The van der Waals surface area contributed by atoms with Crippen LogP contribution < -0.4 is 4.74 Å². The minimum atomic E-state index is -0.422. The van der Waals surface area contributed by atoms with Crippen molar-refractivity contribution in [3.63, 3.8) is 0 Å². The highest BCUT2D eigenvalue weighted by atomic mass is 79.9. The van der Waals surface area contributed by atoms with E-state index in [1.807, 2.05) is 17.7 Å². The molecule has 0 aliphatic carbocycles. The van der Waals surface area contributed by atoms with Gasteiger partial charge in [0.15, 0.2) is 0 Å². The molecule has 5 nitrogen and oxygen atoms in total. The van der Waals surface area contributed by atoms with E-state index in [1.54, 1.807) is 13.0 Å². The number of carbonyl (C=O) groups is 2. The van der Waals surface area contributed by atoms with Crippen LogP contribution in [0, 0.1) is 0 Å². The van der Waals surface area contributed by atoms with Gasteiger partial charge in [-0.05, 0) is 35.0 Å². The SMILES string of the molecule is CCOC(=O)c1c(CBr)n(C)c2cc(Br)c(OC(C)=O)cc12. The first-order valence-corrected chi connectivity index (χ1v) is 8.54. The van der Waals surface area contributed by atoms with Gasteiger partial charge < -0.3 is 14.0 Å². The molecule has 0 N–H and O–H groups in total. The molecule has 2 aromatic rings. The molecule has 0 saturated heterocycles. The van der Waals surface area contributed by atoms with Crippen molar-refractivity contribution in [2.24, 2.45) is 7.05 Å². The van der Waals surface area contributed by atoms with Crippen LogP contribution in [0.2, 0.25) is 0 Å². The van der Waals surface area contributed by atoms with E-state index in [4.69, 9.17) is 9.47 Å². The van der Waals surface area contributed by atoms with Crippen LogP contribution in [-0.2, 0) is 21.9 Å². The normalized spacial score (nSPS) is 10.8. The standard InChI is InChI=1S/C15H15Br2NO4/c1-4-21-15(20)14-9-5-13(22-8(2)19)10(17)6-11(9)18(3)12(14)7-16/h5-6H,4,7H2,1-3H3. The van der Waals surface area contributed by atoms with Crippen LogP contribution in [0.5, 0.6) is 5.75 Å². The molecule has 1 heterocycles. The highest BCUT2D eigenvalue weighted by molar-refractivity contribution is 9.10. The Morgan fingerprint density at radius 1 is 1.32 bits per heavy atom. The molecule has 0 spiro atoms. The fourth-order valence-corrected chi connectivity index (χ4v) is 3.38. The minimum absolute atomic E-state index is 0.296.